The van der Waals surface area contributed by atoms with E-state index in [9.17, 15) is 9.59 Å². The Morgan fingerprint density at radius 3 is 2.32 bits per heavy atom. The van der Waals surface area contributed by atoms with Crippen molar-refractivity contribution in [3.8, 4) is 0 Å². The molecular formula is C19H29N3O3. The van der Waals surface area contributed by atoms with E-state index in [1.807, 2.05) is 45.9 Å². The Morgan fingerprint density at radius 1 is 1.16 bits per heavy atom. The van der Waals surface area contributed by atoms with Crippen LogP contribution in [-0.2, 0) is 14.3 Å². The molecule has 1 aromatic carbocycles. The molecule has 1 aromatic rings. The molecule has 1 fully saturated rings. The van der Waals surface area contributed by atoms with Gasteiger partial charge in [0.15, 0.2) is 0 Å². The number of anilines is 1. The minimum atomic E-state index is -0.231. The first-order chi connectivity index (χ1) is 11.9. The molecule has 0 saturated carbocycles. The van der Waals surface area contributed by atoms with Gasteiger partial charge in [-0.25, -0.2) is 0 Å². The molecule has 1 amide bonds. The Labute approximate surface area is 150 Å². The van der Waals surface area contributed by atoms with Gasteiger partial charge >= 0.3 is 5.97 Å². The van der Waals surface area contributed by atoms with E-state index in [2.05, 4.69) is 15.1 Å². The fourth-order valence-corrected chi connectivity index (χ4v) is 3.11. The number of rotatable bonds is 6. The Balaban J connectivity index is 1.82. The number of nitrogens with one attached hydrogen (secondary N) is 1. The van der Waals surface area contributed by atoms with E-state index in [-0.39, 0.29) is 17.9 Å². The standard InChI is InChI=1S/C19H29N3O3/c1-5-25-19(24)16(4)22-11-9-21(10-12-22)13-17(23)20-18-14(2)7-6-8-15(18)3/h6-8,16H,5,9-13H2,1-4H3,(H,20,23)/t16-/m0/s1. The molecule has 0 radical (unpaired) electrons. The van der Waals surface area contributed by atoms with Crippen LogP contribution in [0.2, 0.25) is 0 Å². The van der Waals surface area contributed by atoms with Gasteiger partial charge in [-0.15, -0.1) is 0 Å². The number of carbonyl (C=O) groups excluding carboxylic acids is 2. The zero-order valence-electron chi connectivity index (χ0n) is 15.7. The van der Waals surface area contributed by atoms with E-state index >= 15 is 0 Å². The van der Waals surface area contributed by atoms with Crippen molar-refractivity contribution in [2.75, 3.05) is 44.6 Å². The summed E-state index contributed by atoms with van der Waals surface area (Å²) in [5, 5.41) is 3.03. The number of esters is 1. The number of amides is 1. The summed E-state index contributed by atoms with van der Waals surface area (Å²) in [5.41, 5.74) is 3.05. The first-order valence-electron chi connectivity index (χ1n) is 8.91. The van der Waals surface area contributed by atoms with E-state index in [1.165, 1.54) is 0 Å². The second-order valence-corrected chi connectivity index (χ2v) is 6.56. The number of carbonyl (C=O) groups is 2. The molecule has 1 saturated heterocycles. The maximum absolute atomic E-state index is 12.4. The second-order valence-electron chi connectivity index (χ2n) is 6.56. The monoisotopic (exact) mass is 347 g/mol. The zero-order chi connectivity index (χ0) is 18.4. The van der Waals surface area contributed by atoms with Gasteiger partial charge in [-0.3, -0.25) is 19.4 Å². The molecule has 1 heterocycles. The largest absolute Gasteiger partial charge is 0.465 e. The highest BCUT2D eigenvalue weighted by molar-refractivity contribution is 5.93. The Bertz CT molecular complexity index is 590. The van der Waals surface area contributed by atoms with Crippen LogP contribution in [-0.4, -0.2) is 67.0 Å². The van der Waals surface area contributed by atoms with Crippen molar-refractivity contribution in [1.29, 1.82) is 0 Å². The van der Waals surface area contributed by atoms with Gasteiger partial charge in [-0.1, -0.05) is 18.2 Å². The van der Waals surface area contributed by atoms with E-state index in [0.717, 1.165) is 43.0 Å². The normalized spacial score (nSPS) is 17.1. The average molecular weight is 347 g/mol. The fourth-order valence-electron chi connectivity index (χ4n) is 3.11. The molecule has 0 aliphatic carbocycles. The summed E-state index contributed by atoms with van der Waals surface area (Å²) in [7, 11) is 0. The van der Waals surface area contributed by atoms with E-state index in [1.54, 1.807) is 0 Å². The summed E-state index contributed by atoms with van der Waals surface area (Å²) in [6.45, 7) is 11.5. The lowest BCUT2D eigenvalue weighted by Gasteiger charge is -2.36. The highest BCUT2D eigenvalue weighted by Gasteiger charge is 2.27. The number of hydrogen-bond acceptors (Lipinski definition) is 5. The Morgan fingerprint density at radius 2 is 1.76 bits per heavy atom. The van der Waals surface area contributed by atoms with Gasteiger partial charge in [0.1, 0.15) is 6.04 Å². The number of hydrogen-bond donors (Lipinski definition) is 1. The summed E-state index contributed by atoms with van der Waals surface area (Å²) in [4.78, 5) is 28.4. The molecule has 0 unspecified atom stereocenters. The van der Waals surface area contributed by atoms with Crippen LogP contribution in [0.1, 0.15) is 25.0 Å². The molecule has 6 heteroatoms. The predicted molar refractivity (Wildman–Crippen MR) is 98.7 cm³/mol. The first-order valence-corrected chi connectivity index (χ1v) is 8.91. The first kappa shape index (κ1) is 19.4. The molecular weight excluding hydrogens is 318 g/mol. The summed E-state index contributed by atoms with van der Waals surface area (Å²) in [5.74, 6) is -0.173. The Hall–Kier alpha value is -1.92. The number of piperazine rings is 1. The average Bonchev–Trinajstić information content (AvgIpc) is 2.58. The smallest absolute Gasteiger partial charge is 0.323 e. The van der Waals surface area contributed by atoms with Crippen molar-refractivity contribution in [2.45, 2.75) is 33.7 Å². The van der Waals surface area contributed by atoms with Gasteiger partial charge < -0.3 is 10.1 Å². The lowest BCUT2D eigenvalue weighted by Crippen LogP contribution is -2.53. The number of ether oxygens (including phenoxy) is 1. The molecule has 138 valence electrons. The van der Waals surface area contributed by atoms with Crippen molar-refractivity contribution in [2.24, 2.45) is 0 Å². The zero-order valence-corrected chi connectivity index (χ0v) is 15.7. The van der Waals surface area contributed by atoms with E-state index in [0.29, 0.717) is 13.2 Å². The van der Waals surface area contributed by atoms with Gasteiger partial charge in [0, 0.05) is 31.9 Å². The van der Waals surface area contributed by atoms with Crippen molar-refractivity contribution in [3.63, 3.8) is 0 Å². The molecule has 6 nitrogen and oxygen atoms in total. The van der Waals surface area contributed by atoms with Crippen LogP contribution in [0.4, 0.5) is 5.69 Å². The summed E-state index contributed by atoms with van der Waals surface area (Å²) >= 11 is 0. The van der Waals surface area contributed by atoms with Crippen molar-refractivity contribution in [1.82, 2.24) is 9.80 Å². The maximum Gasteiger partial charge on any atom is 0.323 e. The van der Waals surface area contributed by atoms with Crippen LogP contribution in [0.3, 0.4) is 0 Å². The van der Waals surface area contributed by atoms with E-state index < -0.39 is 0 Å². The third-order valence-corrected chi connectivity index (χ3v) is 4.70. The SMILES string of the molecule is CCOC(=O)[C@H](C)N1CCN(CC(=O)Nc2c(C)cccc2C)CC1. The van der Waals surface area contributed by atoms with Crippen LogP contribution in [0, 0.1) is 13.8 Å². The number of aryl methyl sites for hydroxylation is 2. The number of benzene rings is 1. The minimum Gasteiger partial charge on any atom is -0.465 e. The summed E-state index contributed by atoms with van der Waals surface area (Å²) in [6.07, 6.45) is 0. The topological polar surface area (TPSA) is 61.9 Å². The fraction of sp³-hybridized carbons (Fsp3) is 0.579. The third-order valence-electron chi connectivity index (χ3n) is 4.70. The maximum atomic E-state index is 12.4. The molecule has 1 atom stereocenters. The number of para-hydroxylation sites is 1. The van der Waals surface area contributed by atoms with Gasteiger partial charge in [0.05, 0.1) is 13.2 Å². The quantitative estimate of drug-likeness (QED) is 0.795. The molecule has 0 bridgehead atoms. The van der Waals surface area contributed by atoms with Crippen LogP contribution >= 0.6 is 0 Å². The molecule has 1 aliphatic rings. The molecule has 0 spiro atoms. The van der Waals surface area contributed by atoms with Gasteiger partial charge in [0.2, 0.25) is 5.91 Å². The summed E-state index contributed by atoms with van der Waals surface area (Å²) < 4.78 is 5.08. The van der Waals surface area contributed by atoms with Crippen LogP contribution in [0.25, 0.3) is 0 Å². The highest BCUT2D eigenvalue weighted by Crippen LogP contribution is 2.19. The van der Waals surface area contributed by atoms with Gasteiger partial charge in [-0.2, -0.15) is 0 Å². The molecule has 0 aromatic heterocycles. The lowest BCUT2D eigenvalue weighted by molar-refractivity contribution is -0.149. The van der Waals surface area contributed by atoms with E-state index in [4.69, 9.17) is 4.74 Å². The van der Waals surface area contributed by atoms with Crippen LogP contribution < -0.4 is 5.32 Å². The second kappa shape index (κ2) is 8.97. The Kier molecular flexibility index (Phi) is 6.96. The van der Waals surface area contributed by atoms with Gasteiger partial charge in [-0.05, 0) is 38.8 Å². The van der Waals surface area contributed by atoms with Crippen LogP contribution in [0.5, 0.6) is 0 Å². The van der Waals surface area contributed by atoms with Crippen molar-refractivity contribution < 1.29 is 14.3 Å². The molecule has 25 heavy (non-hydrogen) atoms. The number of nitrogens with zero attached hydrogens (tertiary/aromatic N) is 2. The van der Waals surface area contributed by atoms with Crippen molar-refractivity contribution >= 4 is 17.6 Å². The lowest BCUT2D eigenvalue weighted by atomic mass is 10.1. The molecule has 1 N–H and O–H groups in total. The van der Waals surface area contributed by atoms with Crippen LogP contribution in [0.15, 0.2) is 18.2 Å². The van der Waals surface area contributed by atoms with Crippen molar-refractivity contribution in [3.05, 3.63) is 29.3 Å². The minimum absolute atomic E-state index is 0.00397. The summed E-state index contributed by atoms with van der Waals surface area (Å²) in [6, 6.07) is 5.76. The molecule has 1 aliphatic heterocycles. The highest BCUT2D eigenvalue weighted by atomic mass is 16.5. The molecule has 2 rings (SSSR count). The predicted octanol–water partition coefficient (Wildman–Crippen LogP) is 1.81. The van der Waals surface area contributed by atoms with Gasteiger partial charge in [0.25, 0.3) is 0 Å². The third kappa shape index (κ3) is 5.28.